The fourth-order valence-corrected chi connectivity index (χ4v) is 2.89. The molecule has 0 radical (unpaired) electrons. The van der Waals surface area contributed by atoms with E-state index in [0.29, 0.717) is 12.3 Å². The summed E-state index contributed by atoms with van der Waals surface area (Å²) in [7, 11) is 0. The van der Waals surface area contributed by atoms with Crippen LogP contribution in [0.5, 0.6) is 0 Å². The van der Waals surface area contributed by atoms with Gasteiger partial charge in [0.15, 0.2) is 0 Å². The minimum atomic E-state index is -0.846. The third-order valence-corrected chi connectivity index (χ3v) is 4.58. The molecule has 0 bridgehead atoms. The Bertz CT molecular complexity index is 363. The number of aliphatic carboxylic acids is 1. The molecule has 5 heteroatoms. The lowest BCUT2D eigenvalue weighted by molar-refractivity contribution is -0.141. The van der Waals surface area contributed by atoms with Gasteiger partial charge in [-0.1, -0.05) is 27.7 Å². The minimum Gasteiger partial charge on any atom is -0.481 e. The van der Waals surface area contributed by atoms with Crippen LogP contribution in [0.4, 0.5) is 4.79 Å². The van der Waals surface area contributed by atoms with Crippen LogP contribution in [-0.2, 0) is 4.79 Å². The van der Waals surface area contributed by atoms with Gasteiger partial charge in [0.1, 0.15) is 0 Å². The molecular formula is C16H30N2O3. The number of hydrogen-bond donors (Lipinski definition) is 2. The van der Waals surface area contributed by atoms with E-state index in [1.807, 2.05) is 11.8 Å². The van der Waals surface area contributed by atoms with Gasteiger partial charge in [0.05, 0.1) is 5.92 Å². The highest BCUT2D eigenvalue weighted by molar-refractivity contribution is 5.76. The van der Waals surface area contributed by atoms with Gasteiger partial charge in [-0.3, -0.25) is 4.79 Å². The van der Waals surface area contributed by atoms with Gasteiger partial charge in [0, 0.05) is 19.6 Å². The highest BCUT2D eigenvalue weighted by atomic mass is 16.4. The van der Waals surface area contributed by atoms with E-state index in [1.54, 1.807) is 0 Å². The number of carboxylic acids is 1. The second kappa shape index (κ2) is 7.66. The molecule has 21 heavy (non-hydrogen) atoms. The Labute approximate surface area is 128 Å². The first kappa shape index (κ1) is 17.8. The number of carboxylic acid groups (broad SMARTS) is 1. The molecule has 0 aromatic rings. The van der Waals surface area contributed by atoms with Crippen LogP contribution in [0.15, 0.2) is 0 Å². The predicted molar refractivity (Wildman–Crippen MR) is 83.2 cm³/mol. The van der Waals surface area contributed by atoms with E-state index in [0.717, 1.165) is 32.4 Å². The summed E-state index contributed by atoms with van der Waals surface area (Å²) >= 11 is 0. The molecule has 1 saturated heterocycles. The van der Waals surface area contributed by atoms with Crippen LogP contribution in [0.2, 0.25) is 0 Å². The molecule has 0 spiro atoms. The summed E-state index contributed by atoms with van der Waals surface area (Å²) in [6, 6.07) is -0.121. The molecule has 1 fully saturated rings. The third-order valence-electron chi connectivity index (χ3n) is 4.58. The van der Waals surface area contributed by atoms with Gasteiger partial charge in [0.25, 0.3) is 0 Å². The largest absolute Gasteiger partial charge is 0.481 e. The Kier molecular flexibility index (Phi) is 6.49. The van der Waals surface area contributed by atoms with Gasteiger partial charge >= 0.3 is 12.0 Å². The molecule has 1 aliphatic rings. The van der Waals surface area contributed by atoms with Gasteiger partial charge in [-0.15, -0.1) is 0 Å². The maximum absolute atomic E-state index is 12.2. The van der Waals surface area contributed by atoms with Crippen molar-refractivity contribution >= 4 is 12.0 Å². The van der Waals surface area contributed by atoms with Gasteiger partial charge in [0.2, 0.25) is 0 Å². The number of amides is 2. The van der Waals surface area contributed by atoms with Crippen molar-refractivity contribution in [2.45, 2.75) is 53.4 Å². The van der Waals surface area contributed by atoms with Crippen molar-refractivity contribution in [2.75, 3.05) is 19.6 Å². The molecule has 0 aromatic carbocycles. The molecule has 0 aliphatic carbocycles. The summed E-state index contributed by atoms with van der Waals surface area (Å²) in [5.41, 5.74) is 0.281. The SMILES string of the molecule is CCC(CNC(=O)N1CCCC(C(C)(C)C)CC1)C(=O)O. The highest BCUT2D eigenvalue weighted by Crippen LogP contribution is 2.34. The number of rotatable bonds is 4. The van der Waals surface area contributed by atoms with E-state index in [9.17, 15) is 9.59 Å². The number of likely N-dealkylation sites (tertiary alicyclic amines) is 1. The van der Waals surface area contributed by atoms with Crippen molar-refractivity contribution in [1.29, 1.82) is 0 Å². The number of nitrogens with one attached hydrogen (secondary N) is 1. The van der Waals surface area contributed by atoms with E-state index in [2.05, 4.69) is 26.1 Å². The highest BCUT2D eigenvalue weighted by Gasteiger charge is 2.28. The van der Waals surface area contributed by atoms with Crippen LogP contribution >= 0.6 is 0 Å². The van der Waals surface area contributed by atoms with Gasteiger partial charge in [-0.25, -0.2) is 4.79 Å². The Morgan fingerprint density at radius 1 is 1.29 bits per heavy atom. The first-order valence-electron chi connectivity index (χ1n) is 8.01. The number of hydrogen-bond acceptors (Lipinski definition) is 2. The minimum absolute atomic E-state index is 0.121. The van der Waals surface area contributed by atoms with Gasteiger partial charge < -0.3 is 15.3 Å². The first-order chi connectivity index (χ1) is 9.75. The van der Waals surface area contributed by atoms with Crippen molar-refractivity contribution in [3.05, 3.63) is 0 Å². The van der Waals surface area contributed by atoms with Crippen molar-refractivity contribution in [2.24, 2.45) is 17.3 Å². The summed E-state index contributed by atoms with van der Waals surface area (Å²) in [6.45, 7) is 10.3. The van der Waals surface area contributed by atoms with Crippen LogP contribution in [0, 0.1) is 17.3 Å². The zero-order chi connectivity index (χ0) is 16.0. The van der Waals surface area contributed by atoms with E-state index in [1.165, 1.54) is 0 Å². The molecule has 5 nitrogen and oxygen atoms in total. The molecule has 1 heterocycles. The Morgan fingerprint density at radius 3 is 2.48 bits per heavy atom. The second-order valence-electron chi connectivity index (χ2n) is 7.11. The van der Waals surface area contributed by atoms with Crippen LogP contribution in [0.3, 0.4) is 0 Å². The molecular weight excluding hydrogens is 268 g/mol. The number of carbonyl (C=O) groups excluding carboxylic acids is 1. The summed E-state index contributed by atoms with van der Waals surface area (Å²) in [4.78, 5) is 25.0. The molecule has 1 aliphatic heterocycles. The smallest absolute Gasteiger partial charge is 0.317 e. The molecule has 2 atom stereocenters. The first-order valence-corrected chi connectivity index (χ1v) is 8.01. The van der Waals surface area contributed by atoms with Crippen LogP contribution in [-0.4, -0.2) is 41.6 Å². The average Bonchev–Trinajstić information content (AvgIpc) is 2.64. The maximum atomic E-state index is 12.2. The normalized spacial score (nSPS) is 21.5. The molecule has 1 rings (SSSR count). The van der Waals surface area contributed by atoms with E-state index >= 15 is 0 Å². The van der Waals surface area contributed by atoms with Crippen LogP contribution in [0.1, 0.15) is 53.4 Å². The van der Waals surface area contributed by atoms with Crippen LogP contribution < -0.4 is 5.32 Å². The predicted octanol–water partition coefficient (Wildman–Crippen LogP) is 2.96. The van der Waals surface area contributed by atoms with Crippen molar-refractivity contribution < 1.29 is 14.7 Å². The number of urea groups is 1. The fourth-order valence-electron chi connectivity index (χ4n) is 2.89. The Hall–Kier alpha value is -1.26. The number of nitrogens with zero attached hydrogens (tertiary/aromatic N) is 1. The van der Waals surface area contributed by atoms with Gasteiger partial charge in [-0.05, 0) is 37.0 Å². The molecule has 122 valence electrons. The summed E-state index contributed by atoms with van der Waals surface area (Å²) < 4.78 is 0. The average molecular weight is 298 g/mol. The van der Waals surface area contributed by atoms with Crippen molar-refractivity contribution in [3.8, 4) is 0 Å². The lowest BCUT2D eigenvalue weighted by Gasteiger charge is -2.29. The van der Waals surface area contributed by atoms with Crippen molar-refractivity contribution in [1.82, 2.24) is 10.2 Å². The summed E-state index contributed by atoms with van der Waals surface area (Å²) in [5, 5.41) is 11.8. The quantitative estimate of drug-likeness (QED) is 0.838. The molecule has 2 N–H and O–H groups in total. The van der Waals surface area contributed by atoms with Gasteiger partial charge in [-0.2, -0.15) is 0 Å². The molecule has 2 unspecified atom stereocenters. The lowest BCUT2D eigenvalue weighted by atomic mass is 9.77. The van der Waals surface area contributed by atoms with Crippen molar-refractivity contribution in [3.63, 3.8) is 0 Å². The standard InChI is InChI=1S/C16H30N2O3/c1-5-12(14(19)20)11-17-15(21)18-9-6-7-13(8-10-18)16(2,3)4/h12-13H,5-11H2,1-4H3,(H,17,21)(H,19,20). The van der Waals surface area contributed by atoms with E-state index < -0.39 is 11.9 Å². The zero-order valence-electron chi connectivity index (χ0n) is 13.8. The van der Waals surface area contributed by atoms with E-state index in [4.69, 9.17) is 5.11 Å². The second-order valence-corrected chi connectivity index (χ2v) is 7.11. The van der Waals surface area contributed by atoms with E-state index in [-0.39, 0.29) is 18.0 Å². The third kappa shape index (κ3) is 5.56. The zero-order valence-corrected chi connectivity index (χ0v) is 13.8. The van der Waals surface area contributed by atoms with Crippen LogP contribution in [0.25, 0.3) is 0 Å². The summed E-state index contributed by atoms with van der Waals surface area (Å²) in [5.74, 6) is -0.706. The monoisotopic (exact) mass is 298 g/mol. The Morgan fingerprint density at radius 2 is 1.95 bits per heavy atom. The topological polar surface area (TPSA) is 69.6 Å². The lowest BCUT2D eigenvalue weighted by Crippen LogP contribution is -2.43. The number of carbonyl (C=O) groups is 2. The fraction of sp³-hybridized carbons (Fsp3) is 0.875. The molecule has 0 aromatic heterocycles. The Balaban J connectivity index is 2.47. The summed E-state index contributed by atoms with van der Waals surface area (Å²) in [6.07, 6.45) is 3.72. The molecule has 0 saturated carbocycles. The maximum Gasteiger partial charge on any atom is 0.317 e. The molecule has 2 amide bonds.